The Balaban J connectivity index is 2.43. The van der Waals surface area contributed by atoms with Crippen LogP contribution in [0.3, 0.4) is 0 Å². The van der Waals surface area contributed by atoms with Crippen LogP contribution in [0.2, 0.25) is 0 Å². The first-order valence-electron chi connectivity index (χ1n) is 20.4. The topological polar surface area (TPSA) is 149 Å². The van der Waals surface area contributed by atoms with Gasteiger partial charge in [0.05, 0.1) is 25.4 Å². The van der Waals surface area contributed by atoms with Crippen molar-refractivity contribution in [1.82, 2.24) is 5.32 Å². The zero-order chi connectivity index (χ0) is 36.0. The average Bonchev–Trinajstić information content (AvgIpc) is 3.10. The van der Waals surface area contributed by atoms with Gasteiger partial charge in [0.15, 0.2) is 6.29 Å². The van der Waals surface area contributed by atoms with Crippen molar-refractivity contribution in [1.29, 1.82) is 0 Å². The number of unbranched alkanes of at least 4 members (excludes halogenated alkanes) is 23. The lowest BCUT2D eigenvalue weighted by Crippen LogP contribution is -2.60. The van der Waals surface area contributed by atoms with Crippen LogP contribution in [0.5, 0.6) is 0 Å². The molecule has 0 bridgehead atoms. The van der Waals surface area contributed by atoms with E-state index in [0.717, 1.165) is 38.5 Å². The van der Waals surface area contributed by atoms with Crippen LogP contribution in [0.15, 0.2) is 12.2 Å². The molecule has 1 rings (SSSR count). The van der Waals surface area contributed by atoms with Crippen LogP contribution in [-0.4, -0.2) is 87.5 Å². The van der Waals surface area contributed by atoms with Crippen molar-refractivity contribution in [3.63, 3.8) is 0 Å². The van der Waals surface area contributed by atoms with Crippen LogP contribution in [0.4, 0.5) is 0 Å². The van der Waals surface area contributed by atoms with E-state index in [-0.39, 0.29) is 12.5 Å². The second-order valence-electron chi connectivity index (χ2n) is 14.4. The van der Waals surface area contributed by atoms with Crippen LogP contribution < -0.4 is 5.32 Å². The highest BCUT2D eigenvalue weighted by Gasteiger charge is 2.44. The van der Waals surface area contributed by atoms with Crippen LogP contribution in [0.1, 0.15) is 181 Å². The lowest BCUT2D eigenvalue weighted by molar-refractivity contribution is -0.302. The summed E-state index contributed by atoms with van der Waals surface area (Å²) in [5.74, 6) is -0.178. The fraction of sp³-hybridized carbons (Fsp3) is 0.925. The number of carbonyl (C=O) groups is 1. The molecule has 1 aliphatic rings. The van der Waals surface area contributed by atoms with Crippen LogP contribution >= 0.6 is 0 Å². The van der Waals surface area contributed by atoms with Crippen molar-refractivity contribution < 1.29 is 39.8 Å². The molecule has 0 spiro atoms. The van der Waals surface area contributed by atoms with Gasteiger partial charge >= 0.3 is 0 Å². The van der Waals surface area contributed by atoms with Crippen LogP contribution in [-0.2, 0) is 14.3 Å². The average molecular weight is 700 g/mol. The summed E-state index contributed by atoms with van der Waals surface area (Å²) >= 11 is 0. The normalized spacial score (nSPS) is 22.5. The highest BCUT2D eigenvalue weighted by molar-refractivity contribution is 5.76. The summed E-state index contributed by atoms with van der Waals surface area (Å²) < 4.78 is 11.2. The molecule has 6 N–H and O–H groups in total. The Morgan fingerprint density at radius 3 is 1.59 bits per heavy atom. The molecule has 1 amide bonds. The van der Waals surface area contributed by atoms with Gasteiger partial charge in [-0.25, -0.2) is 0 Å². The van der Waals surface area contributed by atoms with E-state index in [0.29, 0.717) is 6.42 Å². The molecular weight excluding hydrogens is 622 g/mol. The predicted molar refractivity (Wildman–Crippen MR) is 198 cm³/mol. The fourth-order valence-electron chi connectivity index (χ4n) is 6.51. The number of rotatable bonds is 33. The molecule has 1 fully saturated rings. The molecule has 9 heteroatoms. The number of hydrogen-bond donors (Lipinski definition) is 6. The van der Waals surface area contributed by atoms with Gasteiger partial charge in [-0.15, -0.1) is 0 Å². The molecule has 0 radical (unpaired) electrons. The van der Waals surface area contributed by atoms with E-state index < -0.39 is 49.5 Å². The molecule has 290 valence electrons. The molecular formula is C40H77NO8. The van der Waals surface area contributed by atoms with E-state index in [1.165, 1.54) is 122 Å². The minimum Gasteiger partial charge on any atom is -0.394 e. The Morgan fingerprint density at radius 2 is 1.12 bits per heavy atom. The van der Waals surface area contributed by atoms with Crippen molar-refractivity contribution in [3.8, 4) is 0 Å². The van der Waals surface area contributed by atoms with E-state index in [1.54, 1.807) is 6.08 Å². The number of aliphatic hydroxyl groups excluding tert-OH is 5. The maximum absolute atomic E-state index is 12.9. The Kier molecular flexibility index (Phi) is 29.7. The number of amides is 1. The molecule has 7 atom stereocenters. The highest BCUT2D eigenvalue weighted by Crippen LogP contribution is 2.22. The molecule has 9 nitrogen and oxygen atoms in total. The molecule has 0 aromatic heterocycles. The number of allylic oxidation sites excluding steroid dienone is 1. The number of ether oxygens (including phenoxy) is 2. The highest BCUT2D eigenvalue weighted by atomic mass is 16.7. The number of aliphatic hydroxyl groups is 5. The molecule has 0 aromatic carbocycles. The second-order valence-corrected chi connectivity index (χ2v) is 14.4. The van der Waals surface area contributed by atoms with E-state index >= 15 is 0 Å². The van der Waals surface area contributed by atoms with Gasteiger partial charge in [0.2, 0.25) is 5.91 Å². The summed E-state index contributed by atoms with van der Waals surface area (Å²) in [4.78, 5) is 12.9. The van der Waals surface area contributed by atoms with E-state index in [1.807, 2.05) is 6.08 Å². The van der Waals surface area contributed by atoms with E-state index in [9.17, 15) is 30.3 Å². The SMILES string of the molecule is CCCCCCCCCCCCC/C=C/[C@@H](O)[C@H](CO[C@@H]1O[C@H](CO)[C@H](O)[C@H](O)[C@H]1O)NC(=O)CCCCCCCCCCCCCCC. The first-order chi connectivity index (χ1) is 23.8. The molecule has 0 unspecified atom stereocenters. The van der Waals surface area contributed by atoms with Gasteiger partial charge < -0.3 is 40.3 Å². The standard InChI is InChI=1S/C40H77NO8/c1-3-5-7-9-11-13-15-17-19-21-23-25-27-29-34(43)33(32-48-40-39(47)38(46)37(45)35(31-42)49-40)41-36(44)30-28-26-24-22-20-18-16-14-12-10-8-6-4-2/h27,29,33-35,37-40,42-43,45-47H,3-26,28,30-32H2,1-2H3,(H,41,44)/b29-27+/t33-,34+,35+,37-,38-,39+,40+/m0/s1. The number of hydrogen-bond acceptors (Lipinski definition) is 8. The first kappa shape index (κ1) is 46.0. The third kappa shape index (κ3) is 23.2. The summed E-state index contributed by atoms with van der Waals surface area (Å²) in [5, 5.41) is 53.9. The minimum absolute atomic E-state index is 0.178. The Bertz CT molecular complexity index is 781. The second kappa shape index (κ2) is 31.6. The summed E-state index contributed by atoms with van der Waals surface area (Å²) in [6.45, 7) is 3.75. The third-order valence-electron chi connectivity index (χ3n) is 9.86. The number of nitrogens with one attached hydrogen (secondary N) is 1. The zero-order valence-electron chi connectivity index (χ0n) is 31.5. The third-order valence-corrected chi connectivity index (χ3v) is 9.86. The number of carbonyl (C=O) groups excluding carboxylic acids is 1. The molecule has 0 aliphatic carbocycles. The van der Waals surface area contributed by atoms with Gasteiger partial charge in [0, 0.05) is 6.42 Å². The van der Waals surface area contributed by atoms with Crippen molar-refractivity contribution in [2.24, 2.45) is 0 Å². The Hall–Kier alpha value is -1.07. The molecule has 1 saturated heterocycles. The molecule has 0 saturated carbocycles. The van der Waals surface area contributed by atoms with Crippen LogP contribution in [0.25, 0.3) is 0 Å². The maximum Gasteiger partial charge on any atom is 0.220 e. The van der Waals surface area contributed by atoms with Gasteiger partial charge in [-0.1, -0.05) is 167 Å². The van der Waals surface area contributed by atoms with Gasteiger partial charge in [-0.3, -0.25) is 4.79 Å². The summed E-state index contributed by atoms with van der Waals surface area (Å²) in [6.07, 6.45) is 26.7. The lowest BCUT2D eigenvalue weighted by atomic mass is 9.99. The van der Waals surface area contributed by atoms with E-state index in [2.05, 4.69) is 19.2 Å². The molecule has 0 aromatic rings. The van der Waals surface area contributed by atoms with Gasteiger partial charge in [-0.05, 0) is 19.3 Å². The molecule has 49 heavy (non-hydrogen) atoms. The van der Waals surface area contributed by atoms with Crippen molar-refractivity contribution in [3.05, 3.63) is 12.2 Å². The summed E-state index contributed by atoms with van der Waals surface area (Å²) in [7, 11) is 0. The maximum atomic E-state index is 12.9. The van der Waals surface area contributed by atoms with Crippen LogP contribution in [0, 0.1) is 0 Å². The predicted octanol–water partition coefficient (Wildman–Crippen LogP) is 7.39. The first-order valence-corrected chi connectivity index (χ1v) is 20.4. The Labute approximate surface area is 299 Å². The fourth-order valence-corrected chi connectivity index (χ4v) is 6.51. The lowest BCUT2D eigenvalue weighted by Gasteiger charge is -2.40. The van der Waals surface area contributed by atoms with E-state index in [4.69, 9.17) is 9.47 Å². The van der Waals surface area contributed by atoms with Gasteiger partial charge in [-0.2, -0.15) is 0 Å². The van der Waals surface area contributed by atoms with Gasteiger partial charge in [0.1, 0.15) is 24.4 Å². The van der Waals surface area contributed by atoms with Crippen molar-refractivity contribution >= 4 is 5.91 Å². The largest absolute Gasteiger partial charge is 0.394 e. The van der Waals surface area contributed by atoms with Crippen molar-refractivity contribution in [2.75, 3.05) is 13.2 Å². The smallest absolute Gasteiger partial charge is 0.220 e. The molecule has 1 heterocycles. The summed E-state index contributed by atoms with van der Waals surface area (Å²) in [6, 6.07) is -0.796. The molecule has 1 aliphatic heterocycles. The Morgan fingerprint density at radius 1 is 0.673 bits per heavy atom. The minimum atomic E-state index is -1.56. The monoisotopic (exact) mass is 700 g/mol. The summed E-state index contributed by atoms with van der Waals surface area (Å²) in [5.41, 5.74) is 0. The zero-order valence-corrected chi connectivity index (χ0v) is 31.5. The van der Waals surface area contributed by atoms with Gasteiger partial charge in [0.25, 0.3) is 0 Å². The quantitative estimate of drug-likeness (QED) is 0.0307. The van der Waals surface area contributed by atoms with Crippen molar-refractivity contribution in [2.45, 2.75) is 224 Å².